The maximum absolute atomic E-state index is 3.53. The Hall–Kier alpha value is -0.860. The third-order valence-corrected chi connectivity index (χ3v) is 2.85. The average Bonchev–Trinajstić information content (AvgIpc) is 2.23. The molecule has 1 saturated heterocycles. The first-order chi connectivity index (χ1) is 6.86. The third kappa shape index (κ3) is 2.34. The highest BCUT2D eigenvalue weighted by Crippen LogP contribution is 2.09. The van der Waals surface area contributed by atoms with Crippen LogP contribution in [0.4, 0.5) is 0 Å². The second-order valence-electron chi connectivity index (χ2n) is 3.99. The lowest BCUT2D eigenvalue weighted by atomic mass is 10.0. The summed E-state index contributed by atoms with van der Waals surface area (Å²) < 4.78 is 0. The van der Waals surface area contributed by atoms with Crippen LogP contribution in [0.1, 0.15) is 11.1 Å². The van der Waals surface area contributed by atoms with E-state index in [0.29, 0.717) is 6.04 Å². The van der Waals surface area contributed by atoms with Gasteiger partial charge in [0.2, 0.25) is 0 Å². The van der Waals surface area contributed by atoms with Gasteiger partial charge in [-0.25, -0.2) is 0 Å². The van der Waals surface area contributed by atoms with E-state index in [1.165, 1.54) is 11.1 Å². The lowest BCUT2D eigenvalue weighted by Crippen LogP contribution is -2.49. The minimum Gasteiger partial charge on any atom is -0.314 e. The maximum Gasteiger partial charge on any atom is 0.0233 e. The second-order valence-corrected chi connectivity index (χ2v) is 3.99. The zero-order valence-corrected chi connectivity index (χ0v) is 8.72. The lowest BCUT2D eigenvalue weighted by molar-refractivity contribution is 0.416. The van der Waals surface area contributed by atoms with Crippen molar-refractivity contribution in [2.45, 2.75) is 19.4 Å². The highest BCUT2D eigenvalue weighted by atomic mass is 15.0. The summed E-state index contributed by atoms with van der Waals surface area (Å²) in [6.07, 6.45) is 1.14. The SMILES string of the molecule is Cc1ccccc1C[C@H]1CNCCN1. The molecule has 76 valence electrons. The van der Waals surface area contributed by atoms with Crippen LogP contribution in [0.15, 0.2) is 24.3 Å². The molecule has 0 radical (unpaired) electrons. The van der Waals surface area contributed by atoms with E-state index in [9.17, 15) is 0 Å². The molecule has 1 aliphatic rings. The lowest BCUT2D eigenvalue weighted by Gasteiger charge is -2.25. The summed E-state index contributed by atoms with van der Waals surface area (Å²) in [6, 6.07) is 9.24. The fourth-order valence-electron chi connectivity index (χ4n) is 1.96. The molecule has 1 atom stereocenters. The number of piperazine rings is 1. The van der Waals surface area contributed by atoms with E-state index < -0.39 is 0 Å². The molecule has 0 spiro atoms. The first-order valence-electron chi connectivity index (χ1n) is 5.35. The molecule has 0 saturated carbocycles. The van der Waals surface area contributed by atoms with Gasteiger partial charge in [0.05, 0.1) is 0 Å². The summed E-state index contributed by atoms with van der Waals surface area (Å²) in [5, 5.41) is 6.94. The zero-order valence-electron chi connectivity index (χ0n) is 8.72. The fraction of sp³-hybridized carbons (Fsp3) is 0.500. The zero-order chi connectivity index (χ0) is 9.80. The van der Waals surface area contributed by atoms with E-state index in [1.54, 1.807) is 0 Å². The van der Waals surface area contributed by atoms with Crippen LogP contribution in [0, 0.1) is 6.92 Å². The molecular formula is C12H18N2. The van der Waals surface area contributed by atoms with Crippen LogP contribution in [0.2, 0.25) is 0 Å². The van der Waals surface area contributed by atoms with Crippen molar-refractivity contribution in [1.82, 2.24) is 10.6 Å². The van der Waals surface area contributed by atoms with Crippen molar-refractivity contribution in [2.75, 3.05) is 19.6 Å². The standard InChI is InChI=1S/C12H18N2/c1-10-4-2-3-5-11(10)8-12-9-13-6-7-14-12/h2-5,12-14H,6-9H2,1H3/t12-/m0/s1. The number of benzene rings is 1. The third-order valence-electron chi connectivity index (χ3n) is 2.85. The van der Waals surface area contributed by atoms with Gasteiger partial charge in [-0.2, -0.15) is 0 Å². The number of rotatable bonds is 2. The number of nitrogens with one attached hydrogen (secondary N) is 2. The van der Waals surface area contributed by atoms with Crippen LogP contribution >= 0.6 is 0 Å². The molecule has 2 heteroatoms. The first kappa shape index (κ1) is 9.69. The fourth-order valence-corrected chi connectivity index (χ4v) is 1.96. The minimum atomic E-state index is 0.602. The van der Waals surface area contributed by atoms with Crippen molar-refractivity contribution in [2.24, 2.45) is 0 Å². The summed E-state index contributed by atoms with van der Waals surface area (Å²) in [6.45, 7) is 5.47. The van der Waals surface area contributed by atoms with Gasteiger partial charge in [0.15, 0.2) is 0 Å². The van der Waals surface area contributed by atoms with E-state index in [0.717, 1.165) is 26.1 Å². The van der Waals surface area contributed by atoms with E-state index in [4.69, 9.17) is 0 Å². The first-order valence-corrected chi connectivity index (χ1v) is 5.35. The van der Waals surface area contributed by atoms with Crippen LogP contribution < -0.4 is 10.6 Å². The van der Waals surface area contributed by atoms with Crippen LogP contribution in [-0.2, 0) is 6.42 Å². The molecule has 0 aliphatic carbocycles. The van der Waals surface area contributed by atoms with Gasteiger partial charge in [-0.3, -0.25) is 0 Å². The summed E-state index contributed by atoms with van der Waals surface area (Å²) in [5.74, 6) is 0. The minimum absolute atomic E-state index is 0.602. The summed E-state index contributed by atoms with van der Waals surface area (Å²) in [7, 11) is 0. The highest BCUT2D eigenvalue weighted by Gasteiger charge is 2.12. The Labute approximate surface area is 85.7 Å². The predicted molar refractivity (Wildman–Crippen MR) is 59.5 cm³/mol. The van der Waals surface area contributed by atoms with Crippen LogP contribution in [-0.4, -0.2) is 25.7 Å². The van der Waals surface area contributed by atoms with Crippen LogP contribution in [0.25, 0.3) is 0 Å². The van der Waals surface area contributed by atoms with Gasteiger partial charge in [0, 0.05) is 25.7 Å². The summed E-state index contributed by atoms with van der Waals surface area (Å²) in [4.78, 5) is 0. The maximum atomic E-state index is 3.53. The van der Waals surface area contributed by atoms with Crippen molar-refractivity contribution in [1.29, 1.82) is 0 Å². The van der Waals surface area contributed by atoms with Gasteiger partial charge in [-0.15, -0.1) is 0 Å². The van der Waals surface area contributed by atoms with E-state index in [1.807, 2.05) is 0 Å². The second kappa shape index (κ2) is 4.58. The summed E-state index contributed by atoms with van der Waals surface area (Å²) in [5.41, 5.74) is 2.87. The van der Waals surface area contributed by atoms with E-state index in [2.05, 4.69) is 41.8 Å². The van der Waals surface area contributed by atoms with Crippen molar-refractivity contribution in [3.63, 3.8) is 0 Å². The topological polar surface area (TPSA) is 24.1 Å². The molecule has 2 rings (SSSR count). The molecule has 2 nitrogen and oxygen atoms in total. The molecule has 0 amide bonds. The van der Waals surface area contributed by atoms with Gasteiger partial charge in [0.1, 0.15) is 0 Å². The van der Waals surface area contributed by atoms with Gasteiger partial charge >= 0.3 is 0 Å². The Balaban J connectivity index is 1.99. The molecular weight excluding hydrogens is 172 g/mol. The highest BCUT2D eigenvalue weighted by molar-refractivity contribution is 5.26. The van der Waals surface area contributed by atoms with Crippen molar-refractivity contribution in [3.05, 3.63) is 35.4 Å². The van der Waals surface area contributed by atoms with E-state index in [-0.39, 0.29) is 0 Å². The Morgan fingerprint density at radius 2 is 2.14 bits per heavy atom. The molecule has 1 aromatic carbocycles. The largest absolute Gasteiger partial charge is 0.314 e. The Kier molecular flexibility index (Phi) is 3.17. The van der Waals surface area contributed by atoms with Crippen LogP contribution in [0.3, 0.4) is 0 Å². The summed E-state index contributed by atoms with van der Waals surface area (Å²) >= 11 is 0. The molecule has 1 fully saturated rings. The van der Waals surface area contributed by atoms with E-state index >= 15 is 0 Å². The van der Waals surface area contributed by atoms with Crippen molar-refractivity contribution < 1.29 is 0 Å². The predicted octanol–water partition coefficient (Wildman–Crippen LogP) is 1.10. The Bertz CT molecular complexity index is 290. The van der Waals surface area contributed by atoms with Gasteiger partial charge in [-0.05, 0) is 24.5 Å². The molecule has 1 aromatic rings. The van der Waals surface area contributed by atoms with Crippen LogP contribution in [0.5, 0.6) is 0 Å². The normalized spacial score (nSPS) is 22.2. The van der Waals surface area contributed by atoms with Gasteiger partial charge < -0.3 is 10.6 Å². The smallest absolute Gasteiger partial charge is 0.0233 e. The molecule has 14 heavy (non-hydrogen) atoms. The number of hydrogen-bond acceptors (Lipinski definition) is 2. The number of aryl methyl sites for hydroxylation is 1. The van der Waals surface area contributed by atoms with Crippen molar-refractivity contribution in [3.8, 4) is 0 Å². The molecule has 0 aromatic heterocycles. The molecule has 0 bridgehead atoms. The Morgan fingerprint density at radius 3 is 2.86 bits per heavy atom. The van der Waals surface area contributed by atoms with Gasteiger partial charge in [0.25, 0.3) is 0 Å². The molecule has 2 N–H and O–H groups in total. The molecule has 1 aliphatic heterocycles. The average molecular weight is 190 g/mol. The van der Waals surface area contributed by atoms with Gasteiger partial charge in [-0.1, -0.05) is 24.3 Å². The Morgan fingerprint density at radius 1 is 1.29 bits per heavy atom. The number of hydrogen-bond donors (Lipinski definition) is 2. The monoisotopic (exact) mass is 190 g/mol. The molecule has 0 unspecified atom stereocenters. The van der Waals surface area contributed by atoms with Crippen molar-refractivity contribution >= 4 is 0 Å². The quantitative estimate of drug-likeness (QED) is 0.729. The molecule has 1 heterocycles.